The van der Waals surface area contributed by atoms with E-state index in [1.54, 1.807) is 18.2 Å². The molecule has 1 fully saturated rings. The first-order chi connectivity index (χ1) is 12.5. The van der Waals surface area contributed by atoms with Crippen LogP contribution in [0.2, 0.25) is 0 Å². The molecular formula is C20H24N4O2. The molecule has 3 rings (SSSR count). The summed E-state index contributed by atoms with van der Waals surface area (Å²) in [5.74, 6) is 0.646. The highest BCUT2D eigenvalue weighted by molar-refractivity contribution is 5.95. The second-order valence-corrected chi connectivity index (χ2v) is 6.58. The molecule has 1 heterocycles. The Morgan fingerprint density at radius 1 is 1.31 bits per heavy atom. The molecule has 0 aromatic heterocycles. The Balaban J connectivity index is 1.50. The van der Waals surface area contributed by atoms with Gasteiger partial charge in [-0.05, 0) is 24.6 Å². The lowest BCUT2D eigenvalue weighted by molar-refractivity contribution is -0.123. The first-order valence-electron chi connectivity index (χ1n) is 8.69. The van der Waals surface area contributed by atoms with E-state index in [0.717, 1.165) is 5.56 Å². The molecule has 0 saturated carbocycles. The largest absolute Gasteiger partial charge is 0.489 e. The van der Waals surface area contributed by atoms with Crippen molar-refractivity contribution in [2.45, 2.75) is 32.0 Å². The minimum Gasteiger partial charge on any atom is -0.489 e. The second-order valence-electron chi connectivity index (χ2n) is 6.58. The molecule has 0 aliphatic carbocycles. The number of amides is 1. The Bertz CT molecular complexity index is 789. The monoisotopic (exact) mass is 352 g/mol. The van der Waals surface area contributed by atoms with Gasteiger partial charge >= 0.3 is 0 Å². The maximum Gasteiger partial charge on any atom is 0.237 e. The lowest BCUT2D eigenvalue weighted by Crippen LogP contribution is -2.39. The van der Waals surface area contributed by atoms with Crippen molar-refractivity contribution in [3.05, 3.63) is 65.2 Å². The predicted molar refractivity (Wildman–Crippen MR) is 101 cm³/mol. The van der Waals surface area contributed by atoms with Gasteiger partial charge in [0.25, 0.3) is 0 Å². The smallest absolute Gasteiger partial charge is 0.237 e. The molecule has 5 N–H and O–H groups in total. The van der Waals surface area contributed by atoms with Gasteiger partial charge in [0.05, 0.1) is 6.04 Å². The summed E-state index contributed by atoms with van der Waals surface area (Å²) in [4.78, 5) is 12.4. The molecule has 0 radical (unpaired) electrons. The Kier molecular flexibility index (Phi) is 5.53. The Hall–Kier alpha value is -2.86. The second kappa shape index (κ2) is 8.01. The van der Waals surface area contributed by atoms with Crippen LogP contribution >= 0.6 is 0 Å². The van der Waals surface area contributed by atoms with Gasteiger partial charge in [-0.3, -0.25) is 10.2 Å². The van der Waals surface area contributed by atoms with Crippen LogP contribution in [-0.4, -0.2) is 30.4 Å². The summed E-state index contributed by atoms with van der Waals surface area (Å²) in [5, 5.41) is 13.7. The molecule has 1 saturated heterocycles. The molecule has 6 heteroatoms. The first kappa shape index (κ1) is 17.9. The molecule has 1 aliphatic rings. The van der Waals surface area contributed by atoms with Gasteiger partial charge in [-0.25, -0.2) is 0 Å². The van der Waals surface area contributed by atoms with Crippen LogP contribution in [0.1, 0.15) is 23.1 Å². The molecule has 2 aromatic rings. The number of hydrogen-bond acceptors (Lipinski definition) is 4. The zero-order valence-corrected chi connectivity index (χ0v) is 14.8. The minimum absolute atomic E-state index is 0.00774. The van der Waals surface area contributed by atoms with Crippen molar-refractivity contribution in [3.8, 4) is 5.75 Å². The highest BCUT2D eigenvalue weighted by Gasteiger charge is 2.30. The summed E-state index contributed by atoms with van der Waals surface area (Å²) in [5.41, 5.74) is 8.41. The lowest BCUT2D eigenvalue weighted by Gasteiger charge is -2.14. The van der Waals surface area contributed by atoms with Crippen LogP contribution in [0, 0.1) is 12.3 Å². The van der Waals surface area contributed by atoms with E-state index in [1.165, 1.54) is 5.56 Å². The average molecular weight is 352 g/mol. The Labute approximate surface area is 153 Å². The molecule has 0 bridgehead atoms. The minimum atomic E-state index is -0.263. The van der Waals surface area contributed by atoms with Gasteiger partial charge in [0.1, 0.15) is 17.7 Å². The SMILES string of the molecule is Cc1ccc(CNC(=O)[C@@H]2C[C@@H](Oc3cccc(C(=N)N)c3)CN2)cc1. The maximum atomic E-state index is 12.4. The number of aryl methyl sites for hydroxylation is 1. The van der Waals surface area contributed by atoms with E-state index >= 15 is 0 Å². The van der Waals surface area contributed by atoms with Crippen LogP contribution in [0.15, 0.2) is 48.5 Å². The third-order valence-corrected chi connectivity index (χ3v) is 4.44. The summed E-state index contributed by atoms with van der Waals surface area (Å²) in [7, 11) is 0. The molecular weight excluding hydrogens is 328 g/mol. The summed E-state index contributed by atoms with van der Waals surface area (Å²) in [6.45, 7) is 3.16. The van der Waals surface area contributed by atoms with Crippen LogP contribution in [-0.2, 0) is 11.3 Å². The quantitative estimate of drug-likeness (QED) is 0.470. The van der Waals surface area contributed by atoms with E-state index in [2.05, 4.69) is 10.6 Å². The molecule has 0 unspecified atom stereocenters. The molecule has 1 aliphatic heterocycles. The Morgan fingerprint density at radius 2 is 2.08 bits per heavy atom. The summed E-state index contributed by atoms with van der Waals surface area (Å²) in [6, 6.07) is 15.0. The number of hydrogen-bond donors (Lipinski definition) is 4. The first-order valence-corrected chi connectivity index (χ1v) is 8.69. The fourth-order valence-corrected chi connectivity index (χ4v) is 2.94. The zero-order chi connectivity index (χ0) is 18.5. The normalized spacial score (nSPS) is 19.1. The van der Waals surface area contributed by atoms with E-state index in [-0.39, 0.29) is 23.9 Å². The van der Waals surface area contributed by atoms with Crippen molar-refractivity contribution in [1.29, 1.82) is 5.41 Å². The van der Waals surface area contributed by atoms with Gasteiger partial charge in [-0.15, -0.1) is 0 Å². The number of nitrogens with one attached hydrogen (secondary N) is 3. The standard InChI is InChI=1S/C20H24N4O2/c1-13-5-7-14(8-6-13)11-24-20(25)18-10-17(12-23-18)26-16-4-2-3-15(9-16)19(21)22/h2-9,17-18,23H,10-12H2,1H3,(H3,21,22)(H,24,25)/t17-,18+/m1/s1. The van der Waals surface area contributed by atoms with Gasteiger partial charge in [-0.2, -0.15) is 0 Å². The van der Waals surface area contributed by atoms with Crippen molar-refractivity contribution >= 4 is 11.7 Å². The van der Waals surface area contributed by atoms with E-state index in [9.17, 15) is 4.79 Å². The fraction of sp³-hybridized carbons (Fsp3) is 0.300. The van der Waals surface area contributed by atoms with Crippen LogP contribution < -0.4 is 21.1 Å². The third kappa shape index (κ3) is 4.61. The number of amidine groups is 1. The number of ether oxygens (including phenoxy) is 1. The molecule has 2 aromatic carbocycles. The fourth-order valence-electron chi connectivity index (χ4n) is 2.94. The number of nitrogen functional groups attached to an aromatic ring is 1. The summed E-state index contributed by atoms with van der Waals surface area (Å²) < 4.78 is 5.93. The highest BCUT2D eigenvalue weighted by Crippen LogP contribution is 2.19. The number of rotatable bonds is 6. The van der Waals surface area contributed by atoms with Crippen molar-refractivity contribution in [1.82, 2.24) is 10.6 Å². The highest BCUT2D eigenvalue weighted by atomic mass is 16.5. The molecule has 6 nitrogen and oxygen atoms in total. The van der Waals surface area contributed by atoms with Crippen molar-refractivity contribution < 1.29 is 9.53 Å². The molecule has 2 atom stereocenters. The zero-order valence-electron chi connectivity index (χ0n) is 14.8. The maximum absolute atomic E-state index is 12.4. The molecule has 136 valence electrons. The Morgan fingerprint density at radius 3 is 2.81 bits per heavy atom. The van der Waals surface area contributed by atoms with E-state index in [4.69, 9.17) is 15.9 Å². The van der Waals surface area contributed by atoms with Crippen molar-refractivity contribution in [2.24, 2.45) is 5.73 Å². The van der Waals surface area contributed by atoms with Crippen molar-refractivity contribution in [2.75, 3.05) is 6.54 Å². The van der Waals surface area contributed by atoms with Crippen LogP contribution in [0.25, 0.3) is 0 Å². The van der Waals surface area contributed by atoms with Crippen LogP contribution in [0.4, 0.5) is 0 Å². The van der Waals surface area contributed by atoms with E-state index < -0.39 is 0 Å². The topological polar surface area (TPSA) is 100 Å². The average Bonchev–Trinajstić information content (AvgIpc) is 3.10. The van der Waals surface area contributed by atoms with Gasteiger partial charge in [0.2, 0.25) is 5.91 Å². The van der Waals surface area contributed by atoms with Gasteiger partial charge in [-0.1, -0.05) is 42.0 Å². The number of benzene rings is 2. The number of carbonyl (C=O) groups is 1. The van der Waals surface area contributed by atoms with Gasteiger partial charge < -0.3 is 21.1 Å². The summed E-state index contributed by atoms with van der Waals surface area (Å²) in [6.07, 6.45) is 0.511. The van der Waals surface area contributed by atoms with Crippen LogP contribution in [0.3, 0.4) is 0 Å². The molecule has 0 spiro atoms. The van der Waals surface area contributed by atoms with E-state index in [0.29, 0.717) is 30.8 Å². The van der Waals surface area contributed by atoms with Crippen molar-refractivity contribution in [3.63, 3.8) is 0 Å². The third-order valence-electron chi connectivity index (χ3n) is 4.44. The number of carbonyl (C=O) groups excluding carboxylic acids is 1. The molecule has 1 amide bonds. The molecule has 26 heavy (non-hydrogen) atoms. The van der Waals surface area contributed by atoms with E-state index in [1.807, 2.05) is 37.3 Å². The van der Waals surface area contributed by atoms with Gasteiger partial charge in [0.15, 0.2) is 0 Å². The summed E-state index contributed by atoms with van der Waals surface area (Å²) >= 11 is 0. The lowest BCUT2D eigenvalue weighted by atomic mass is 10.1. The van der Waals surface area contributed by atoms with Crippen LogP contribution in [0.5, 0.6) is 5.75 Å². The predicted octanol–water partition coefficient (Wildman–Crippen LogP) is 1.70. The van der Waals surface area contributed by atoms with Gasteiger partial charge in [0, 0.05) is 25.1 Å². The number of nitrogens with two attached hydrogens (primary N) is 1.